The molecule has 32 heavy (non-hydrogen) atoms. The molecule has 0 saturated carbocycles. The molecule has 0 saturated heterocycles. The van der Waals surface area contributed by atoms with Gasteiger partial charge in [0.15, 0.2) is 5.84 Å². The minimum Gasteiger partial charge on any atom is -0.473 e. The number of benzene rings is 3. The van der Waals surface area contributed by atoms with Crippen LogP contribution in [-0.2, 0) is 14.8 Å². The lowest BCUT2D eigenvalue weighted by molar-refractivity contribution is 0.108. The smallest absolute Gasteiger partial charge is 0.284 e. The van der Waals surface area contributed by atoms with Crippen molar-refractivity contribution < 1.29 is 17.9 Å². The second kappa shape index (κ2) is 10.9. The number of carbonyl (C=O) groups excluding carboxylic acids is 1. The van der Waals surface area contributed by atoms with Crippen LogP contribution in [0.5, 0.6) is 0 Å². The number of hydrogen-bond acceptors (Lipinski definition) is 5. The monoisotopic (exact) mass is 466 g/mol. The van der Waals surface area contributed by atoms with E-state index in [1.807, 2.05) is 13.0 Å². The Kier molecular flexibility index (Phi) is 7.97. The maximum Gasteiger partial charge on any atom is 0.284 e. The summed E-state index contributed by atoms with van der Waals surface area (Å²) < 4.78 is 35.4. The van der Waals surface area contributed by atoms with Crippen LogP contribution in [0.15, 0.2) is 99.2 Å². The van der Waals surface area contributed by atoms with E-state index in [9.17, 15) is 13.2 Å². The maximum absolute atomic E-state index is 12.9. The van der Waals surface area contributed by atoms with Crippen molar-refractivity contribution in [2.24, 2.45) is 9.39 Å². The number of thioether (sulfide) groups is 1. The van der Waals surface area contributed by atoms with Crippen LogP contribution in [0.1, 0.15) is 28.4 Å². The summed E-state index contributed by atoms with van der Waals surface area (Å²) in [4.78, 5) is 17.0. The molecule has 0 radical (unpaired) electrons. The molecule has 0 aliphatic rings. The lowest BCUT2D eigenvalue weighted by atomic mass is 10.2. The Balaban J connectivity index is 2.03. The maximum atomic E-state index is 12.9. The van der Waals surface area contributed by atoms with Gasteiger partial charge in [-0.05, 0) is 26.0 Å². The number of ether oxygens (including phenoxy) is 1. The zero-order chi connectivity index (χ0) is 23.0. The Bertz CT molecular complexity index is 1220. The highest BCUT2D eigenvalue weighted by atomic mass is 32.2. The van der Waals surface area contributed by atoms with E-state index < -0.39 is 10.0 Å². The number of rotatable bonds is 5. The standard InChI is InChI=1S/C24H22N2O4S2/c1-3-30-24(31-23(27)20-12-8-5-9-13-20)25-22(19-10-6-4-7-11-19)26-32(28,29)21-16-14-18(2)15-17-21/h4-17H,3H2,1-2H3/b25-24?,26-22+. The Labute approximate surface area is 192 Å². The van der Waals surface area contributed by atoms with Crippen molar-refractivity contribution in [1.82, 2.24) is 0 Å². The van der Waals surface area contributed by atoms with Crippen molar-refractivity contribution in [3.63, 3.8) is 0 Å². The topological polar surface area (TPSA) is 85.2 Å². The summed E-state index contributed by atoms with van der Waals surface area (Å²) >= 11 is 0.782. The first-order chi connectivity index (χ1) is 15.4. The van der Waals surface area contributed by atoms with Crippen LogP contribution in [0.25, 0.3) is 0 Å². The van der Waals surface area contributed by atoms with Gasteiger partial charge in [-0.15, -0.1) is 4.40 Å². The van der Waals surface area contributed by atoms with Gasteiger partial charge in [-0.3, -0.25) is 4.79 Å². The molecule has 3 rings (SSSR count). The third-order valence-electron chi connectivity index (χ3n) is 4.21. The van der Waals surface area contributed by atoms with Crippen molar-refractivity contribution in [2.45, 2.75) is 18.7 Å². The minimum atomic E-state index is -4.03. The zero-order valence-electron chi connectivity index (χ0n) is 17.6. The molecular formula is C24H22N2O4S2. The van der Waals surface area contributed by atoms with E-state index in [0.29, 0.717) is 11.1 Å². The van der Waals surface area contributed by atoms with Gasteiger partial charge < -0.3 is 4.74 Å². The first-order valence-corrected chi connectivity index (χ1v) is 12.1. The summed E-state index contributed by atoms with van der Waals surface area (Å²) in [6.07, 6.45) is 0. The van der Waals surface area contributed by atoms with Crippen molar-refractivity contribution in [3.8, 4) is 0 Å². The predicted molar refractivity (Wildman–Crippen MR) is 129 cm³/mol. The first kappa shape index (κ1) is 23.4. The van der Waals surface area contributed by atoms with E-state index >= 15 is 0 Å². The molecule has 0 N–H and O–H groups in total. The number of amidine groups is 1. The SMILES string of the molecule is CCOC(=N/C(=N/S(=O)(=O)c1ccc(C)cc1)c1ccccc1)SC(=O)c1ccccc1. The van der Waals surface area contributed by atoms with Crippen molar-refractivity contribution in [1.29, 1.82) is 0 Å². The molecule has 3 aromatic rings. The fourth-order valence-electron chi connectivity index (χ4n) is 2.61. The fourth-order valence-corrected chi connectivity index (χ4v) is 4.29. The molecule has 0 bridgehead atoms. The fraction of sp³-hybridized carbons (Fsp3) is 0.125. The molecule has 0 unspecified atom stereocenters. The highest BCUT2D eigenvalue weighted by Crippen LogP contribution is 2.19. The van der Waals surface area contributed by atoms with Gasteiger partial charge in [0, 0.05) is 22.9 Å². The third-order valence-corrected chi connectivity index (χ3v) is 6.30. The molecule has 0 amide bonds. The average molecular weight is 467 g/mol. The molecule has 0 aliphatic carbocycles. The quantitative estimate of drug-likeness (QED) is 0.386. The molecule has 0 aliphatic heterocycles. The molecular weight excluding hydrogens is 444 g/mol. The van der Waals surface area contributed by atoms with Gasteiger partial charge >= 0.3 is 0 Å². The predicted octanol–water partition coefficient (Wildman–Crippen LogP) is 5.10. The molecule has 6 nitrogen and oxygen atoms in total. The highest BCUT2D eigenvalue weighted by molar-refractivity contribution is 8.26. The van der Waals surface area contributed by atoms with Crippen LogP contribution in [0.4, 0.5) is 0 Å². The van der Waals surface area contributed by atoms with Gasteiger partial charge in [-0.1, -0.05) is 78.4 Å². The molecule has 0 fully saturated rings. The van der Waals surface area contributed by atoms with Crippen LogP contribution >= 0.6 is 11.8 Å². The van der Waals surface area contributed by atoms with E-state index in [-0.39, 0.29) is 27.7 Å². The largest absolute Gasteiger partial charge is 0.473 e. The summed E-state index contributed by atoms with van der Waals surface area (Å²) in [5, 5.41) is -0.255. The molecule has 8 heteroatoms. The minimum absolute atomic E-state index is 0.0167. The summed E-state index contributed by atoms with van der Waals surface area (Å²) in [7, 11) is -4.03. The lowest BCUT2D eigenvalue weighted by Crippen LogP contribution is -2.11. The van der Waals surface area contributed by atoms with E-state index in [1.54, 1.807) is 73.7 Å². The summed E-state index contributed by atoms with van der Waals surface area (Å²) in [5.74, 6) is -0.0667. The normalized spacial score (nSPS) is 12.4. The highest BCUT2D eigenvalue weighted by Gasteiger charge is 2.18. The molecule has 164 valence electrons. The molecule has 0 spiro atoms. The van der Waals surface area contributed by atoms with E-state index in [1.165, 1.54) is 12.1 Å². The van der Waals surface area contributed by atoms with Crippen LogP contribution in [0, 0.1) is 6.92 Å². The second-order valence-electron chi connectivity index (χ2n) is 6.64. The Hall–Kier alpha value is -3.23. The molecule has 0 atom stereocenters. The third kappa shape index (κ3) is 6.38. The summed E-state index contributed by atoms with van der Waals surface area (Å²) in [6, 6.07) is 23.8. The second-order valence-corrected chi connectivity index (χ2v) is 9.16. The lowest BCUT2D eigenvalue weighted by Gasteiger charge is -2.08. The first-order valence-electron chi connectivity index (χ1n) is 9.85. The Morgan fingerprint density at radius 1 is 0.875 bits per heavy atom. The zero-order valence-corrected chi connectivity index (χ0v) is 19.3. The number of sulfonamides is 1. The van der Waals surface area contributed by atoms with Gasteiger partial charge in [0.1, 0.15) is 0 Å². The number of nitrogens with zero attached hydrogens (tertiary/aromatic N) is 2. The Morgan fingerprint density at radius 2 is 1.44 bits per heavy atom. The van der Waals surface area contributed by atoms with Gasteiger partial charge in [0.25, 0.3) is 15.3 Å². The van der Waals surface area contributed by atoms with Gasteiger partial charge in [0.05, 0.1) is 11.5 Å². The van der Waals surface area contributed by atoms with E-state index in [0.717, 1.165) is 17.3 Å². The summed E-state index contributed by atoms with van der Waals surface area (Å²) in [5.41, 5.74) is 1.90. The van der Waals surface area contributed by atoms with E-state index in [4.69, 9.17) is 4.74 Å². The van der Waals surface area contributed by atoms with Crippen molar-refractivity contribution in [2.75, 3.05) is 6.61 Å². The molecule has 0 heterocycles. The van der Waals surface area contributed by atoms with Crippen molar-refractivity contribution in [3.05, 3.63) is 102 Å². The van der Waals surface area contributed by atoms with Crippen LogP contribution < -0.4 is 0 Å². The van der Waals surface area contributed by atoms with Crippen LogP contribution in [0.3, 0.4) is 0 Å². The average Bonchev–Trinajstić information content (AvgIpc) is 2.80. The number of carbonyl (C=O) groups is 1. The van der Waals surface area contributed by atoms with Gasteiger partial charge in [-0.25, -0.2) is 0 Å². The van der Waals surface area contributed by atoms with Gasteiger partial charge in [0.2, 0.25) is 5.12 Å². The number of aryl methyl sites for hydroxylation is 1. The van der Waals surface area contributed by atoms with E-state index in [2.05, 4.69) is 9.39 Å². The van der Waals surface area contributed by atoms with Crippen LogP contribution in [0.2, 0.25) is 0 Å². The Morgan fingerprint density at radius 3 is 2.00 bits per heavy atom. The summed E-state index contributed by atoms with van der Waals surface area (Å²) in [6.45, 7) is 3.88. The van der Waals surface area contributed by atoms with Crippen molar-refractivity contribution >= 4 is 38.0 Å². The van der Waals surface area contributed by atoms with Gasteiger partial charge in [-0.2, -0.15) is 13.4 Å². The van der Waals surface area contributed by atoms with Crippen LogP contribution in [-0.4, -0.2) is 31.2 Å². The molecule has 0 aromatic heterocycles. The number of aliphatic imine (C=N–C) groups is 1. The number of hydrogen-bond donors (Lipinski definition) is 0. The molecule has 3 aromatic carbocycles.